The van der Waals surface area contributed by atoms with Crippen molar-refractivity contribution in [3.05, 3.63) is 0 Å². The van der Waals surface area contributed by atoms with Crippen LogP contribution in [0, 0.1) is 0 Å². The van der Waals surface area contributed by atoms with Gasteiger partial charge in [-0.15, -0.1) is 22.2 Å². The molecule has 0 saturated heterocycles. The third-order valence-electron chi connectivity index (χ3n) is 0.303. The van der Waals surface area contributed by atoms with Crippen LogP contribution in [0.3, 0.4) is 0 Å². The molecule has 0 bridgehead atoms. The van der Waals surface area contributed by atoms with Crippen LogP contribution in [-0.4, -0.2) is 20.1 Å². The minimum Gasteiger partial charge on any atom is -0.185 e. The van der Waals surface area contributed by atoms with Gasteiger partial charge in [0, 0.05) is 0 Å². The monoisotopic (exact) mass is 190 g/mol. The summed E-state index contributed by atoms with van der Waals surface area (Å²) in [6.07, 6.45) is 0. The Morgan fingerprint density at radius 1 is 1.50 bits per heavy atom. The molecule has 0 heterocycles. The van der Waals surface area contributed by atoms with Crippen LogP contribution in [0.15, 0.2) is 0 Å². The molecule has 2 nitrogen and oxygen atoms in total. The molecule has 0 aliphatic rings. The maximum absolute atomic E-state index is 9.83. The highest BCUT2D eigenvalue weighted by atomic mass is 35.7. The minimum atomic E-state index is -2.51. The maximum Gasteiger partial charge on any atom is 0.285 e. The summed E-state index contributed by atoms with van der Waals surface area (Å²) in [5, 5.41) is 0. The molecule has 0 amide bonds. The fourth-order valence-corrected chi connectivity index (χ4v) is 2.83. The Hall–Kier alpha value is 0.487. The Morgan fingerprint density at radius 3 is 1.88 bits per heavy atom. The topological polar surface area (TPSA) is 34.1 Å². The van der Waals surface area contributed by atoms with E-state index in [1.54, 1.807) is 0 Å². The molecule has 0 fully saturated rings. The van der Waals surface area contributed by atoms with Crippen LogP contribution >= 0.6 is 22.2 Å². The van der Waals surface area contributed by atoms with Gasteiger partial charge in [-0.3, -0.25) is 0 Å². The summed E-state index contributed by atoms with van der Waals surface area (Å²) in [6.45, 7) is -1.01. The number of rotatable bonds is 1. The average Bonchev–Trinajstić information content (AvgIpc) is 1.21. The van der Waals surface area contributed by atoms with E-state index in [-0.39, 0.29) is 0 Å². The van der Waals surface area contributed by atoms with E-state index in [1.807, 2.05) is 0 Å². The van der Waals surface area contributed by atoms with Crippen molar-refractivity contribution in [3.8, 4) is 0 Å². The lowest BCUT2D eigenvalue weighted by Crippen LogP contribution is -2.15. The highest BCUT2D eigenvalue weighted by Crippen LogP contribution is 2.08. The lowest BCUT2D eigenvalue weighted by molar-refractivity contribution is 0.627. The minimum absolute atomic E-state index is 0.941. The van der Waals surface area contributed by atoms with Crippen LogP contribution in [0.1, 0.15) is 0 Å². The van der Waals surface area contributed by atoms with Crippen molar-refractivity contribution >= 4 is 44.1 Å². The van der Waals surface area contributed by atoms with Gasteiger partial charge in [0.2, 0.25) is 10.3 Å². The first kappa shape index (κ1) is 8.49. The van der Waals surface area contributed by atoms with Gasteiger partial charge in [-0.1, -0.05) is 0 Å². The molecule has 0 aromatic heterocycles. The molecular formula is C2H4Cl2O2SSi. The Bertz CT molecular complexity index is 181. The molecule has 0 N–H and O–H groups in total. The molecule has 0 radical (unpaired) electrons. The lowest BCUT2D eigenvalue weighted by atomic mass is 11.9. The van der Waals surface area contributed by atoms with E-state index in [1.165, 1.54) is 6.55 Å². The molecule has 0 rings (SSSR count). The van der Waals surface area contributed by atoms with Crippen LogP contribution in [0.2, 0.25) is 6.55 Å². The van der Waals surface area contributed by atoms with Crippen molar-refractivity contribution < 1.29 is 8.42 Å². The van der Waals surface area contributed by atoms with Crippen LogP contribution in [0.4, 0.5) is 0 Å². The van der Waals surface area contributed by atoms with Crippen LogP contribution in [-0.2, 0) is 10.3 Å². The largest absolute Gasteiger partial charge is 0.285 e. The molecule has 0 aromatic carbocycles. The van der Waals surface area contributed by atoms with Crippen molar-refractivity contribution in [3.63, 3.8) is 0 Å². The van der Waals surface area contributed by atoms with E-state index in [0.717, 1.165) is 4.99 Å². The van der Waals surface area contributed by atoms with Crippen LogP contribution in [0.5, 0.6) is 0 Å². The summed E-state index contributed by atoms with van der Waals surface area (Å²) < 4.78 is 19.7. The van der Waals surface area contributed by atoms with E-state index in [2.05, 4.69) is 0 Å². The third kappa shape index (κ3) is 6.49. The van der Waals surface area contributed by atoms with Crippen LogP contribution in [0.25, 0.3) is 0 Å². The van der Waals surface area contributed by atoms with Gasteiger partial charge in [-0.25, -0.2) is 0 Å². The van der Waals surface area contributed by atoms with Gasteiger partial charge in [-0.05, 0) is 6.55 Å². The first-order valence-corrected chi connectivity index (χ1v) is 7.47. The molecule has 0 aromatic rings. The van der Waals surface area contributed by atoms with Gasteiger partial charge in [0.15, 0.2) is 0 Å². The second-order valence-electron chi connectivity index (χ2n) is 1.33. The molecule has 48 valence electrons. The highest BCUT2D eigenvalue weighted by Gasteiger charge is 2.17. The maximum atomic E-state index is 9.83. The van der Waals surface area contributed by atoms with Gasteiger partial charge in [0.1, 0.15) is 0 Å². The zero-order valence-electron chi connectivity index (χ0n) is 4.06. The summed E-state index contributed by atoms with van der Waals surface area (Å²) >= 11 is 10.8. The zero-order chi connectivity index (χ0) is 6.78. The van der Waals surface area contributed by atoms with Gasteiger partial charge in [0.05, 0.1) is 4.99 Å². The van der Waals surface area contributed by atoms with Crippen LogP contribution < -0.4 is 0 Å². The zero-order valence-corrected chi connectivity index (χ0v) is 7.39. The van der Waals surface area contributed by atoms with E-state index in [0.29, 0.717) is 0 Å². The highest BCUT2D eigenvalue weighted by molar-refractivity contribution is 7.82. The first-order chi connectivity index (χ1) is 3.42. The van der Waals surface area contributed by atoms with E-state index in [4.69, 9.17) is 22.2 Å². The SMILES string of the molecule is C[Si](Cl)(Cl)C=S(=O)=O. The van der Waals surface area contributed by atoms with E-state index < -0.39 is 17.0 Å². The number of hydrogen-bond acceptors (Lipinski definition) is 2. The number of hydrogen-bond donors (Lipinski definition) is 0. The standard InChI is InChI=1S/C2H4Cl2O2SSi/c1-8(3,4)2-7(5)6/h2H,1H3. The Labute approximate surface area is 59.4 Å². The Balaban J connectivity index is 4.34. The van der Waals surface area contributed by atoms with E-state index in [9.17, 15) is 8.42 Å². The van der Waals surface area contributed by atoms with Crippen molar-refractivity contribution in [2.45, 2.75) is 6.55 Å². The smallest absolute Gasteiger partial charge is 0.185 e. The predicted molar refractivity (Wildman–Crippen MR) is 38.3 cm³/mol. The quantitative estimate of drug-likeness (QED) is 0.348. The lowest BCUT2D eigenvalue weighted by Gasteiger charge is -1.94. The molecule has 0 saturated carbocycles. The summed E-state index contributed by atoms with van der Waals surface area (Å²) in [4.78, 5) is 0.941. The van der Waals surface area contributed by atoms with E-state index >= 15 is 0 Å². The number of halogens is 2. The van der Waals surface area contributed by atoms with Gasteiger partial charge >= 0.3 is 0 Å². The third-order valence-corrected chi connectivity index (χ3v) is 4.33. The second kappa shape index (κ2) is 2.86. The van der Waals surface area contributed by atoms with Gasteiger partial charge < -0.3 is 0 Å². The molecule has 0 aliphatic carbocycles. The Kier molecular flexibility index (Phi) is 3.04. The normalized spacial score (nSPS) is 10.9. The molecule has 0 aliphatic heterocycles. The Morgan fingerprint density at radius 2 is 1.88 bits per heavy atom. The molecule has 8 heavy (non-hydrogen) atoms. The summed E-state index contributed by atoms with van der Waals surface area (Å²) in [7, 11) is -2.21. The molecular weight excluding hydrogens is 187 g/mol. The summed E-state index contributed by atoms with van der Waals surface area (Å²) in [6, 6.07) is 0. The van der Waals surface area contributed by atoms with Gasteiger partial charge in [0.25, 0.3) is 6.69 Å². The van der Waals surface area contributed by atoms with Gasteiger partial charge in [-0.2, -0.15) is 8.42 Å². The molecule has 6 heteroatoms. The molecule has 0 unspecified atom stereocenters. The molecule has 0 atom stereocenters. The molecule has 0 spiro atoms. The van der Waals surface area contributed by atoms with Crippen molar-refractivity contribution in [1.29, 1.82) is 0 Å². The van der Waals surface area contributed by atoms with Crippen molar-refractivity contribution in [2.75, 3.05) is 0 Å². The fraction of sp³-hybridized carbons (Fsp3) is 0.500. The van der Waals surface area contributed by atoms with Crippen molar-refractivity contribution in [2.24, 2.45) is 0 Å². The van der Waals surface area contributed by atoms with Crippen molar-refractivity contribution in [1.82, 2.24) is 0 Å². The predicted octanol–water partition coefficient (Wildman–Crippen LogP) is 0.757. The second-order valence-corrected chi connectivity index (χ2v) is 10.0. The fourth-order valence-electron chi connectivity index (χ4n) is 0.169. The average molecular weight is 191 g/mol. The first-order valence-electron chi connectivity index (χ1n) is 1.74. The summed E-state index contributed by atoms with van der Waals surface area (Å²) in [5.74, 6) is 0. The summed E-state index contributed by atoms with van der Waals surface area (Å²) in [5.41, 5.74) is 0.